The van der Waals surface area contributed by atoms with Gasteiger partial charge < -0.3 is 14.5 Å². The van der Waals surface area contributed by atoms with Crippen LogP contribution in [0.4, 0.5) is 5.69 Å². The Hall–Kier alpha value is -2.48. The van der Waals surface area contributed by atoms with Gasteiger partial charge in [-0.3, -0.25) is 9.59 Å². The SMILES string of the molecule is Cc1cc2oc(=O)cc(COC(=O)CC3Sc4ccc(Cl)cc4NC3=O)c2cc1Cl. The molecule has 30 heavy (non-hydrogen) atoms. The monoisotopic (exact) mass is 463 g/mol. The number of thioether (sulfide) groups is 1. The number of fused-ring (bicyclic) bond motifs is 2. The molecule has 0 radical (unpaired) electrons. The number of rotatable bonds is 4. The lowest BCUT2D eigenvalue weighted by Gasteiger charge is -2.23. The van der Waals surface area contributed by atoms with E-state index in [0.29, 0.717) is 32.3 Å². The molecule has 1 unspecified atom stereocenters. The average molecular weight is 464 g/mol. The summed E-state index contributed by atoms with van der Waals surface area (Å²) in [7, 11) is 0. The normalized spacial score (nSPS) is 15.6. The molecule has 4 rings (SSSR count). The van der Waals surface area contributed by atoms with Gasteiger partial charge in [-0.1, -0.05) is 23.2 Å². The van der Waals surface area contributed by atoms with Crippen LogP contribution in [0, 0.1) is 6.92 Å². The molecule has 1 aromatic heterocycles. The van der Waals surface area contributed by atoms with Crippen LogP contribution in [-0.4, -0.2) is 17.1 Å². The van der Waals surface area contributed by atoms with E-state index >= 15 is 0 Å². The highest BCUT2D eigenvalue weighted by Gasteiger charge is 2.29. The summed E-state index contributed by atoms with van der Waals surface area (Å²) in [5.74, 6) is -0.848. The highest BCUT2D eigenvalue weighted by Crippen LogP contribution is 2.38. The Bertz CT molecular complexity index is 1240. The van der Waals surface area contributed by atoms with E-state index in [1.807, 2.05) is 0 Å². The van der Waals surface area contributed by atoms with Gasteiger partial charge in [-0.15, -0.1) is 11.8 Å². The number of amides is 1. The molecule has 6 nitrogen and oxygen atoms in total. The molecule has 9 heteroatoms. The van der Waals surface area contributed by atoms with Crippen LogP contribution in [0.25, 0.3) is 11.0 Å². The molecule has 0 spiro atoms. The number of carbonyl (C=O) groups is 2. The fraction of sp³-hybridized carbons (Fsp3) is 0.190. The first kappa shape index (κ1) is 20.8. The second kappa shape index (κ2) is 8.34. The van der Waals surface area contributed by atoms with Gasteiger partial charge in [-0.05, 0) is 42.8 Å². The first-order valence-corrected chi connectivity index (χ1v) is 10.6. The summed E-state index contributed by atoms with van der Waals surface area (Å²) in [6.07, 6.45) is -0.113. The molecule has 0 saturated carbocycles. The summed E-state index contributed by atoms with van der Waals surface area (Å²) in [4.78, 5) is 37.4. The van der Waals surface area contributed by atoms with Crippen LogP contribution >= 0.6 is 35.0 Å². The molecule has 2 aromatic carbocycles. The van der Waals surface area contributed by atoms with Crippen LogP contribution in [0.1, 0.15) is 17.5 Å². The van der Waals surface area contributed by atoms with Crippen LogP contribution in [0.15, 0.2) is 50.5 Å². The third-order valence-electron chi connectivity index (χ3n) is 4.61. The van der Waals surface area contributed by atoms with Gasteiger partial charge in [0.2, 0.25) is 5.91 Å². The molecule has 1 aliphatic rings. The van der Waals surface area contributed by atoms with Gasteiger partial charge in [0.15, 0.2) is 0 Å². The number of nitrogens with one attached hydrogen (secondary N) is 1. The third kappa shape index (κ3) is 4.33. The lowest BCUT2D eigenvalue weighted by Crippen LogP contribution is -2.31. The quantitative estimate of drug-likeness (QED) is 0.434. The highest BCUT2D eigenvalue weighted by atomic mass is 35.5. The molecular formula is C21H15Cl2NO5S. The van der Waals surface area contributed by atoms with Crippen molar-refractivity contribution in [2.24, 2.45) is 0 Å². The number of hydrogen-bond acceptors (Lipinski definition) is 6. The summed E-state index contributed by atoms with van der Waals surface area (Å²) in [6, 6.07) is 9.78. The van der Waals surface area contributed by atoms with Crippen LogP contribution < -0.4 is 10.9 Å². The Labute approximate surface area is 185 Å². The minimum absolute atomic E-state index is 0.113. The zero-order valence-electron chi connectivity index (χ0n) is 15.7. The van der Waals surface area contributed by atoms with E-state index in [0.717, 1.165) is 10.5 Å². The fourth-order valence-corrected chi connectivity index (χ4v) is 4.50. The Balaban J connectivity index is 1.47. The Morgan fingerprint density at radius 3 is 2.80 bits per heavy atom. The van der Waals surface area contributed by atoms with Gasteiger partial charge in [0, 0.05) is 32.0 Å². The Morgan fingerprint density at radius 2 is 2.00 bits per heavy atom. The maximum Gasteiger partial charge on any atom is 0.336 e. The minimum atomic E-state index is -0.624. The number of aryl methyl sites for hydroxylation is 1. The van der Waals surface area contributed by atoms with Gasteiger partial charge in [-0.2, -0.15) is 0 Å². The lowest BCUT2D eigenvalue weighted by atomic mass is 10.1. The van der Waals surface area contributed by atoms with Crippen molar-refractivity contribution in [2.45, 2.75) is 30.1 Å². The average Bonchev–Trinajstić information content (AvgIpc) is 2.68. The summed E-state index contributed by atoms with van der Waals surface area (Å²) in [5, 5.41) is 3.75. The van der Waals surface area contributed by atoms with Crippen LogP contribution in [0.3, 0.4) is 0 Å². The number of benzene rings is 2. The number of esters is 1. The van der Waals surface area contributed by atoms with E-state index in [9.17, 15) is 14.4 Å². The second-order valence-electron chi connectivity index (χ2n) is 6.79. The molecule has 1 atom stereocenters. The van der Waals surface area contributed by atoms with E-state index in [2.05, 4.69) is 5.32 Å². The topological polar surface area (TPSA) is 85.6 Å². The second-order valence-corrected chi connectivity index (χ2v) is 8.88. The van der Waals surface area contributed by atoms with Crippen molar-refractivity contribution >= 4 is 63.5 Å². The first-order chi connectivity index (χ1) is 14.3. The molecule has 0 fully saturated rings. The van der Waals surface area contributed by atoms with E-state index in [-0.39, 0.29) is 18.9 Å². The maximum atomic E-state index is 12.4. The lowest BCUT2D eigenvalue weighted by molar-refractivity contribution is -0.145. The van der Waals surface area contributed by atoms with Gasteiger partial charge >= 0.3 is 11.6 Å². The van der Waals surface area contributed by atoms with Gasteiger partial charge in [-0.25, -0.2) is 4.79 Å². The number of halogens is 2. The third-order valence-corrected chi connectivity index (χ3v) is 6.53. The smallest absolute Gasteiger partial charge is 0.336 e. The molecular weight excluding hydrogens is 449 g/mol. The van der Waals surface area contributed by atoms with Crippen molar-refractivity contribution in [1.82, 2.24) is 0 Å². The van der Waals surface area contributed by atoms with Crippen LogP contribution in [-0.2, 0) is 20.9 Å². The molecule has 1 amide bonds. The first-order valence-electron chi connectivity index (χ1n) is 8.96. The van der Waals surface area contributed by atoms with Gasteiger partial charge in [0.25, 0.3) is 0 Å². The number of carbonyl (C=O) groups excluding carboxylic acids is 2. The molecule has 1 N–H and O–H groups in total. The highest BCUT2D eigenvalue weighted by molar-refractivity contribution is 8.01. The van der Waals surface area contributed by atoms with Crippen LogP contribution in [0.5, 0.6) is 0 Å². The zero-order chi connectivity index (χ0) is 21.4. The van der Waals surface area contributed by atoms with E-state index in [4.69, 9.17) is 32.4 Å². The summed E-state index contributed by atoms with van der Waals surface area (Å²) in [5.41, 5.74) is 1.69. The van der Waals surface area contributed by atoms with Gasteiger partial charge in [0.1, 0.15) is 12.2 Å². The molecule has 0 bridgehead atoms. The fourth-order valence-electron chi connectivity index (χ4n) is 3.09. The maximum absolute atomic E-state index is 12.4. The molecule has 3 aromatic rings. The molecule has 0 aliphatic carbocycles. The molecule has 1 aliphatic heterocycles. The van der Waals surface area contributed by atoms with E-state index in [1.165, 1.54) is 17.8 Å². The summed E-state index contributed by atoms with van der Waals surface area (Å²) < 4.78 is 10.5. The predicted octanol–water partition coefficient (Wildman–Crippen LogP) is 4.95. The number of hydrogen-bond donors (Lipinski definition) is 1. The summed E-state index contributed by atoms with van der Waals surface area (Å²) in [6.45, 7) is 1.67. The van der Waals surface area contributed by atoms with Crippen molar-refractivity contribution in [3.8, 4) is 0 Å². The van der Waals surface area contributed by atoms with Crippen molar-refractivity contribution in [2.75, 3.05) is 5.32 Å². The van der Waals surface area contributed by atoms with Crippen molar-refractivity contribution in [1.29, 1.82) is 0 Å². The van der Waals surface area contributed by atoms with Crippen LogP contribution in [0.2, 0.25) is 10.0 Å². The minimum Gasteiger partial charge on any atom is -0.461 e. The summed E-state index contributed by atoms with van der Waals surface area (Å²) >= 11 is 13.4. The number of anilines is 1. The standard InChI is InChI=1S/C21H15Cl2NO5S/c1-10-4-16-13(7-14(10)23)11(5-20(26)29-16)9-28-19(25)8-18-21(27)24-15-6-12(22)2-3-17(15)30-18/h2-7,18H,8-9H2,1H3,(H,24,27). The zero-order valence-corrected chi connectivity index (χ0v) is 18.0. The molecule has 154 valence electrons. The number of ether oxygens (including phenoxy) is 1. The predicted molar refractivity (Wildman–Crippen MR) is 116 cm³/mol. The molecule has 0 saturated heterocycles. The van der Waals surface area contributed by atoms with Crippen molar-refractivity contribution in [3.05, 3.63) is 68.0 Å². The Kier molecular flexibility index (Phi) is 5.77. The van der Waals surface area contributed by atoms with Crippen molar-refractivity contribution < 1.29 is 18.7 Å². The largest absolute Gasteiger partial charge is 0.461 e. The van der Waals surface area contributed by atoms with E-state index < -0.39 is 16.8 Å². The van der Waals surface area contributed by atoms with Crippen molar-refractivity contribution in [3.63, 3.8) is 0 Å². The Morgan fingerprint density at radius 1 is 1.20 bits per heavy atom. The van der Waals surface area contributed by atoms with E-state index in [1.54, 1.807) is 37.3 Å². The molecule has 2 heterocycles. The van der Waals surface area contributed by atoms with Gasteiger partial charge in [0.05, 0.1) is 17.4 Å².